The maximum Gasteiger partial charge on any atom is 0.331 e. The molecule has 0 atom stereocenters. The topological polar surface area (TPSA) is 56.9 Å². The van der Waals surface area contributed by atoms with Gasteiger partial charge in [-0.15, -0.1) is 11.3 Å². The molecule has 0 spiro atoms. The van der Waals surface area contributed by atoms with Crippen LogP contribution in [0, 0.1) is 0 Å². The van der Waals surface area contributed by atoms with E-state index in [0.717, 1.165) is 13.4 Å². The second kappa shape index (κ2) is 4.34. The van der Waals surface area contributed by atoms with E-state index < -0.39 is 0 Å². The number of thiazole rings is 1. The summed E-state index contributed by atoms with van der Waals surface area (Å²) in [7, 11) is 1.46. The van der Waals surface area contributed by atoms with Crippen molar-refractivity contribution in [1.82, 2.24) is 14.1 Å². The smallest absolute Gasteiger partial charge is 0.295 e. The van der Waals surface area contributed by atoms with Gasteiger partial charge in [0, 0.05) is 30.4 Å². The molecule has 2 aromatic rings. The minimum absolute atomic E-state index is 0.299. The van der Waals surface area contributed by atoms with Crippen molar-refractivity contribution < 1.29 is 0 Å². The van der Waals surface area contributed by atoms with E-state index >= 15 is 0 Å². The van der Waals surface area contributed by atoms with Crippen LogP contribution >= 0.6 is 27.3 Å². The number of rotatable bonds is 2. The highest BCUT2D eigenvalue weighted by molar-refractivity contribution is 9.11. The fraction of sp³-hybridized carbons (Fsp3) is 0.222. The maximum absolute atomic E-state index is 11.7. The SMILES string of the molecule is Cn1c(=O)ccn(Cc2cnc(Br)s2)c1=O. The molecular formula is C9H8BrN3O2S. The van der Waals surface area contributed by atoms with Crippen molar-refractivity contribution in [1.29, 1.82) is 0 Å². The summed E-state index contributed by atoms with van der Waals surface area (Å²) >= 11 is 4.71. The molecule has 5 nitrogen and oxygen atoms in total. The van der Waals surface area contributed by atoms with Crippen LogP contribution in [-0.4, -0.2) is 14.1 Å². The average molecular weight is 302 g/mol. The molecule has 16 heavy (non-hydrogen) atoms. The zero-order valence-electron chi connectivity index (χ0n) is 8.38. The van der Waals surface area contributed by atoms with E-state index in [4.69, 9.17) is 0 Å². The fourth-order valence-electron chi connectivity index (χ4n) is 1.26. The molecule has 0 fully saturated rings. The summed E-state index contributed by atoms with van der Waals surface area (Å²) in [5.74, 6) is 0. The second-order valence-corrected chi connectivity index (χ2v) is 5.59. The highest BCUT2D eigenvalue weighted by Gasteiger charge is 2.04. The molecule has 0 radical (unpaired) electrons. The molecule has 0 aromatic carbocycles. The predicted molar refractivity (Wildman–Crippen MR) is 64.9 cm³/mol. The second-order valence-electron chi connectivity index (χ2n) is 3.20. The minimum Gasteiger partial charge on any atom is -0.295 e. The number of hydrogen-bond acceptors (Lipinski definition) is 4. The van der Waals surface area contributed by atoms with Gasteiger partial charge in [0.15, 0.2) is 3.92 Å². The normalized spacial score (nSPS) is 10.6. The van der Waals surface area contributed by atoms with Gasteiger partial charge in [0.25, 0.3) is 5.56 Å². The molecule has 0 N–H and O–H groups in total. The van der Waals surface area contributed by atoms with Crippen molar-refractivity contribution in [3.8, 4) is 0 Å². The highest BCUT2D eigenvalue weighted by Crippen LogP contribution is 2.18. The van der Waals surface area contributed by atoms with E-state index in [2.05, 4.69) is 20.9 Å². The van der Waals surface area contributed by atoms with Crippen LogP contribution in [0.3, 0.4) is 0 Å². The van der Waals surface area contributed by atoms with Gasteiger partial charge in [0.2, 0.25) is 0 Å². The Kier molecular flexibility index (Phi) is 3.06. The summed E-state index contributed by atoms with van der Waals surface area (Å²) in [6.07, 6.45) is 3.20. The van der Waals surface area contributed by atoms with E-state index in [0.29, 0.717) is 6.54 Å². The van der Waals surface area contributed by atoms with Crippen molar-refractivity contribution in [2.45, 2.75) is 6.54 Å². The summed E-state index contributed by atoms with van der Waals surface area (Å²) in [5.41, 5.74) is -0.622. The minimum atomic E-state index is -0.322. The molecule has 0 unspecified atom stereocenters. The molecule has 0 amide bonds. The van der Waals surface area contributed by atoms with Gasteiger partial charge in [-0.25, -0.2) is 9.78 Å². The van der Waals surface area contributed by atoms with E-state index in [1.807, 2.05) is 0 Å². The molecule has 0 aliphatic rings. The quantitative estimate of drug-likeness (QED) is 0.825. The van der Waals surface area contributed by atoms with Crippen molar-refractivity contribution >= 4 is 27.3 Å². The van der Waals surface area contributed by atoms with Crippen LogP contribution in [0.15, 0.2) is 32.0 Å². The largest absolute Gasteiger partial charge is 0.331 e. The number of aromatic nitrogens is 3. The Labute approximate surface area is 103 Å². The summed E-state index contributed by atoms with van der Waals surface area (Å²) in [5, 5.41) is 0. The van der Waals surface area contributed by atoms with E-state index in [9.17, 15) is 9.59 Å². The fourth-order valence-corrected chi connectivity index (χ4v) is 2.62. The van der Waals surface area contributed by atoms with Crippen LogP contribution in [0.5, 0.6) is 0 Å². The summed E-state index contributed by atoms with van der Waals surface area (Å²) < 4.78 is 3.33. The van der Waals surface area contributed by atoms with Crippen LogP contribution in [-0.2, 0) is 13.6 Å². The lowest BCUT2D eigenvalue weighted by atomic mass is 10.5. The first-order valence-electron chi connectivity index (χ1n) is 4.44. The van der Waals surface area contributed by atoms with E-state index in [1.165, 1.54) is 35.2 Å². The van der Waals surface area contributed by atoms with Crippen molar-refractivity contribution in [2.24, 2.45) is 7.05 Å². The van der Waals surface area contributed by atoms with Crippen LogP contribution in [0.2, 0.25) is 0 Å². The third kappa shape index (κ3) is 2.14. The van der Waals surface area contributed by atoms with Gasteiger partial charge in [-0.05, 0) is 15.9 Å². The van der Waals surface area contributed by atoms with Crippen molar-refractivity contribution in [2.75, 3.05) is 0 Å². The zero-order chi connectivity index (χ0) is 11.7. The Balaban J connectivity index is 2.40. The summed E-state index contributed by atoms with van der Waals surface area (Å²) in [6.45, 7) is 0.427. The van der Waals surface area contributed by atoms with Gasteiger partial charge in [0.05, 0.1) is 6.54 Å². The molecule has 0 aliphatic carbocycles. The third-order valence-corrected chi connectivity index (χ3v) is 3.57. The van der Waals surface area contributed by atoms with Crippen LogP contribution < -0.4 is 11.2 Å². The van der Waals surface area contributed by atoms with Gasteiger partial charge in [0.1, 0.15) is 0 Å². The lowest BCUT2D eigenvalue weighted by molar-refractivity contribution is 0.649. The Morgan fingerprint density at radius 1 is 1.50 bits per heavy atom. The van der Waals surface area contributed by atoms with Gasteiger partial charge in [-0.3, -0.25) is 13.9 Å². The molecule has 2 heterocycles. The molecule has 0 bridgehead atoms. The molecule has 0 saturated heterocycles. The molecule has 2 aromatic heterocycles. The Morgan fingerprint density at radius 3 is 2.88 bits per heavy atom. The average Bonchev–Trinajstić information content (AvgIpc) is 2.65. The predicted octanol–water partition coefficient (Wildman–Crippen LogP) is 0.814. The monoisotopic (exact) mass is 301 g/mol. The highest BCUT2D eigenvalue weighted by atomic mass is 79.9. The number of halogens is 1. The van der Waals surface area contributed by atoms with Gasteiger partial charge < -0.3 is 0 Å². The van der Waals surface area contributed by atoms with Crippen LogP contribution in [0.4, 0.5) is 0 Å². The zero-order valence-corrected chi connectivity index (χ0v) is 10.8. The van der Waals surface area contributed by atoms with Crippen molar-refractivity contribution in [3.63, 3.8) is 0 Å². The first kappa shape index (κ1) is 11.3. The van der Waals surface area contributed by atoms with Crippen molar-refractivity contribution in [3.05, 3.63) is 48.1 Å². The Hall–Kier alpha value is -1.21. The maximum atomic E-state index is 11.7. The molecule has 0 saturated carbocycles. The first-order valence-corrected chi connectivity index (χ1v) is 6.05. The van der Waals surface area contributed by atoms with Crippen LogP contribution in [0.25, 0.3) is 0 Å². The standard InChI is InChI=1S/C9H8BrN3O2S/c1-12-7(14)2-3-13(9(12)15)5-6-4-11-8(10)16-6/h2-4H,5H2,1H3. The molecule has 84 valence electrons. The van der Waals surface area contributed by atoms with Crippen LogP contribution in [0.1, 0.15) is 4.88 Å². The number of nitrogens with zero attached hydrogens (tertiary/aromatic N) is 3. The molecule has 2 rings (SSSR count). The Morgan fingerprint density at radius 2 is 2.25 bits per heavy atom. The molecule has 7 heteroatoms. The lowest BCUT2D eigenvalue weighted by Gasteiger charge is -2.04. The summed E-state index contributed by atoms with van der Waals surface area (Å²) in [6, 6.07) is 1.37. The van der Waals surface area contributed by atoms with E-state index in [1.54, 1.807) is 6.20 Å². The Bertz CT molecular complexity index is 628. The van der Waals surface area contributed by atoms with E-state index in [-0.39, 0.29) is 11.2 Å². The van der Waals surface area contributed by atoms with Gasteiger partial charge in [-0.1, -0.05) is 0 Å². The number of hydrogen-bond donors (Lipinski definition) is 0. The third-order valence-electron chi connectivity index (χ3n) is 2.11. The van der Waals surface area contributed by atoms with Gasteiger partial charge >= 0.3 is 5.69 Å². The summed E-state index contributed by atoms with van der Waals surface area (Å²) in [4.78, 5) is 27.9. The molecule has 0 aliphatic heterocycles. The van der Waals surface area contributed by atoms with Gasteiger partial charge in [-0.2, -0.15) is 0 Å². The first-order chi connectivity index (χ1) is 7.58. The molecular weight excluding hydrogens is 294 g/mol. The lowest BCUT2D eigenvalue weighted by Crippen LogP contribution is -2.36.